The number of aromatic nitrogens is 1. The molecule has 1 heterocycles. The molecule has 0 N–H and O–H groups in total. The van der Waals surface area contributed by atoms with Gasteiger partial charge in [-0.3, -0.25) is 9.59 Å². The Morgan fingerprint density at radius 2 is 1.78 bits per heavy atom. The number of amides is 1. The molecule has 0 bridgehead atoms. The van der Waals surface area contributed by atoms with Crippen molar-refractivity contribution >= 4 is 15.9 Å². The van der Waals surface area contributed by atoms with Gasteiger partial charge in [0.05, 0.1) is 4.90 Å². The van der Waals surface area contributed by atoms with E-state index in [1.807, 2.05) is 18.7 Å². The van der Waals surface area contributed by atoms with Gasteiger partial charge in [-0.25, -0.2) is 8.42 Å². The Morgan fingerprint density at radius 3 is 2.30 bits per heavy atom. The fourth-order valence-corrected chi connectivity index (χ4v) is 5.30. The quantitative estimate of drug-likeness (QED) is 0.672. The average Bonchev–Trinajstić information content (AvgIpc) is 3.11. The van der Waals surface area contributed by atoms with E-state index in [4.69, 9.17) is 0 Å². The van der Waals surface area contributed by atoms with Gasteiger partial charge in [0.15, 0.2) is 0 Å². The standard InChI is InChI=1S/C19H31N3O4S/c1-5-21(6-2)27(25,26)17-11-12-18(23)20(13-17)14-19(24)22(15(3)4)16-9-7-8-10-16/h11-13,15-16H,5-10,14H2,1-4H3. The molecular weight excluding hydrogens is 366 g/mol. The van der Waals surface area contributed by atoms with Crippen molar-refractivity contribution in [2.75, 3.05) is 13.1 Å². The Morgan fingerprint density at radius 1 is 1.19 bits per heavy atom. The first kappa shape index (κ1) is 21.6. The zero-order valence-electron chi connectivity index (χ0n) is 16.7. The Balaban J connectivity index is 2.30. The lowest BCUT2D eigenvalue weighted by Gasteiger charge is -2.33. The molecule has 0 aliphatic heterocycles. The molecule has 1 fully saturated rings. The molecule has 1 aliphatic carbocycles. The minimum atomic E-state index is -3.68. The van der Waals surface area contributed by atoms with E-state index < -0.39 is 10.0 Å². The molecule has 1 aromatic rings. The second kappa shape index (κ2) is 9.01. The lowest BCUT2D eigenvalue weighted by atomic mass is 10.1. The maximum absolute atomic E-state index is 12.9. The first-order valence-electron chi connectivity index (χ1n) is 9.74. The maximum atomic E-state index is 12.9. The fourth-order valence-electron chi connectivity index (χ4n) is 3.82. The predicted molar refractivity (Wildman–Crippen MR) is 105 cm³/mol. The first-order chi connectivity index (χ1) is 12.7. The van der Waals surface area contributed by atoms with Gasteiger partial charge < -0.3 is 9.47 Å². The molecular formula is C19H31N3O4S. The molecule has 0 atom stereocenters. The smallest absolute Gasteiger partial charge is 0.251 e. The minimum Gasteiger partial charge on any atom is -0.336 e. The number of hydrogen-bond donors (Lipinski definition) is 0. The van der Waals surface area contributed by atoms with E-state index in [9.17, 15) is 18.0 Å². The van der Waals surface area contributed by atoms with Crippen molar-refractivity contribution in [3.05, 3.63) is 28.7 Å². The van der Waals surface area contributed by atoms with Crippen molar-refractivity contribution in [2.45, 2.75) is 76.9 Å². The first-order valence-corrected chi connectivity index (χ1v) is 11.2. The summed E-state index contributed by atoms with van der Waals surface area (Å²) < 4.78 is 28.0. The second-order valence-corrected chi connectivity index (χ2v) is 9.19. The summed E-state index contributed by atoms with van der Waals surface area (Å²) in [5, 5.41) is 0. The second-order valence-electron chi connectivity index (χ2n) is 7.25. The van der Waals surface area contributed by atoms with E-state index in [2.05, 4.69) is 0 Å². The van der Waals surface area contributed by atoms with Gasteiger partial charge in [-0.2, -0.15) is 4.31 Å². The molecule has 8 heteroatoms. The van der Waals surface area contributed by atoms with Crippen molar-refractivity contribution in [2.24, 2.45) is 0 Å². The van der Waals surface area contributed by atoms with Gasteiger partial charge >= 0.3 is 0 Å². The van der Waals surface area contributed by atoms with Gasteiger partial charge in [-0.1, -0.05) is 26.7 Å². The average molecular weight is 398 g/mol. The molecule has 0 unspecified atom stereocenters. The van der Waals surface area contributed by atoms with Crippen LogP contribution >= 0.6 is 0 Å². The van der Waals surface area contributed by atoms with Crippen LogP contribution in [-0.4, -0.2) is 53.3 Å². The summed E-state index contributed by atoms with van der Waals surface area (Å²) in [5.41, 5.74) is -0.378. The van der Waals surface area contributed by atoms with Crippen LogP contribution in [0.15, 0.2) is 28.0 Å². The lowest BCUT2D eigenvalue weighted by Crippen LogP contribution is -2.46. The maximum Gasteiger partial charge on any atom is 0.251 e. The number of carbonyl (C=O) groups excluding carboxylic acids is 1. The number of hydrogen-bond acceptors (Lipinski definition) is 4. The highest BCUT2D eigenvalue weighted by atomic mass is 32.2. The number of sulfonamides is 1. The van der Waals surface area contributed by atoms with Crippen molar-refractivity contribution in [3.63, 3.8) is 0 Å². The van der Waals surface area contributed by atoms with Crippen molar-refractivity contribution < 1.29 is 13.2 Å². The third-order valence-electron chi connectivity index (χ3n) is 5.17. The van der Waals surface area contributed by atoms with E-state index in [-0.39, 0.29) is 35.0 Å². The molecule has 27 heavy (non-hydrogen) atoms. The van der Waals surface area contributed by atoms with Gasteiger partial charge in [0, 0.05) is 37.4 Å². The van der Waals surface area contributed by atoms with Crippen LogP contribution in [0.4, 0.5) is 0 Å². The lowest BCUT2D eigenvalue weighted by molar-refractivity contribution is -0.136. The minimum absolute atomic E-state index is 0.0376. The fraction of sp³-hybridized carbons (Fsp3) is 0.684. The SMILES string of the molecule is CCN(CC)S(=O)(=O)c1ccc(=O)n(CC(=O)N(C(C)C)C2CCCC2)c1. The van der Waals surface area contributed by atoms with Gasteiger partial charge in [0.1, 0.15) is 6.54 Å². The van der Waals surface area contributed by atoms with Crippen LogP contribution in [0.1, 0.15) is 53.4 Å². The van der Waals surface area contributed by atoms with E-state index in [1.165, 1.54) is 27.2 Å². The summed E-state index contributed by atoms with van der Waals surface area (Å²) in [6.45, 7) is 8.03. The molecule has 0 saturated heterocycles. The Bertz CT molecular complexity index is 806. The van der Waals surface area contributed by atoms with Gasteiger partial charge in [0.2, 0.25) is 15.9 Å². The van der Waals surface area contributed by atoms with Crippen LogP contribution in [0.25, 0.3) is 0 Å². The number of pyridine rings is 1. The van der Waals surface area contributed by atoms with E-state index >= 15 is 0 Å². The Kier molecular flexibility index (Phi) is 7.22. The van der Waals surface area contributed by atoms with Gasteiger partial charge in [0.25, 0.3) is 5.56 Å². The monoisotopic (exact) mass is 397 g/mol. The summed E-state index contributed by atoms with van der Waals surface area (Å²) >= 11 is 0. The molecule has 1 aliphatic rings. The van der Waals surface area contributed by atoms with E-state index in [0.29, 0.717) is 13.1 Å². The number of carbonyl (C=O) groups is 1. The van der Waals surface area contributed by atoms with Crippen LogP contribution in [0.3, 0.4) is 0 Å². The van der Waals surface area contributed by atoms with Crippen molar-refractivity contribution in [3.8, 4) is 0 Å². The van der Waals surface area contributed by atoms with E-state index in [1.54, 1.807) is 13.8 Å². The summed E-state index contributed by atoms with van der Waals surface area (Å²) in [6.07, 6.45) is 5.48. The molecule has 0 spiro atoms. The van der Waals surface area contributed by atoms with Crippen LogP contribution in [0.5, 0.6) is 0 Å². The summed E-state index contributed by atoms with van der Waals surface area (Å²) in [6, 6.07) is 2.78. The molecule has 1 aromatic heterocycles. The van der Waals surface area contributed by atoms with Gasteiger partial charge in [-0.15, -0.1) is 0 Å². The van der Waals surface area contributed by atoms with Crippen molar-refractivity contribution in [1.29, 1.82) is 0 Å². The number of rotatable bonds is 8. The molecule has 1 amide bonds. The molecule has 0 aromatic carbocycles. The van der Waals surface area contributed by atoms with Crippen LogP contribution in [0, 0.1) is 0 Å². The zero-order chi connectivity index (χ0) is 20.2. The third-order valence-corrected chi connectivity index (χ3v) is 7.20. The number of nitrogens with zero attached hydrogens (tertiary/aromatic N) is 3. The Hall–Kier alpha value is -1.67. The largest absolute Gasteiger partial charge is 0.336 e. The summed E-state index contributed by atoms with van der Waals surface area (Å²) in [5.74, 6) is -0.142. The van der Waals surface area contributed by atoms with Gasteiger partial charge in [-0.05, 0) is 32.8 Å². The summed E-state index contributed by atoms with van der Waals surface area (Å²) in [7, 11) is -3.68. The molecule has 2 rings (SSSR count). The molecule has 152 valence electrons. The Labute approximate surface area is 162 Å². The highest BCUT2D eigenvalue weighted by molar-refractivity contribution is 7.89. The highest BCUT2D eigenvalue weighted by Crippen LogP contribution is 2.25. The van der Waals surface area contributed by atoms with Crippen molar-refractivity contribution in [1.82, 2.24) is 13.8 Å². The normalized spacial score (nSPS) is 15.6. The molecule has 7 nitrogen and oxygen atoms in total. The molecule has 0 radical (unpaired) electrons. The molecule has 1 saturated carbocycles. The highest BCUT2D eigenvalue weighted by Gasteiger charge is 2.29. The van der Waals surface area contributed by atoms with Crippen LogP contribution in [0.2, 0.25) is 0 Å². The van der Waals surface area contributed by atoms with Crippen LogP contribution < -0.4 is 5.56 Å². The topological polar surface area (TPSA) is 79.7 Å². The van der Waals surface area contributed by atoms with Crippen LogP contribution in [-0.2, 0) is 21.4 Å². The zero-order valence-corrected chi connectivity index (χ0v) is 17.5. The third kappa shape index (κ3) is 4.79. The predicted octanol–water partition coefficient (Wildman–Crippen LogP) is 2.06. The van der Waals surface area contributed by atoms with E-state index in [0.717, 1.165) is 25.7 Å². The summed E-state index contributed by atoms with van der Waals surface area (Å²) in [4.78, 5) is 27.0.